The van der Waals surface area contributed by atoms with E-state index in [0.717, 1.165) is 28.4 Å². The molecule has 1 aromatic carbocycles. The zero-order valence-electron chi connectivity index (χ0n) is 11.4. The summed E-state index contributed by atoms with van der Waals surface area (Å²) in [6.07, 6.45) is 1.75. The highest BCUT2D eigenvalue weighted by Crippen LogP contribution is 2.28. The van der Waals surface area contributed by atoms with E-state index in [0.29, 0.717) is 6.61 Å². The summed E-state index contributed by atoms with van der Waals surface area (Å²) in [4.78, 5) is 4.24. The van der Waals surface area contributed by atoms with Crippen molar-refractivity contribution in [1.29, 1.82) is 0 Å². The lowest BCUT2D eigenvalue weighted by molar-refractivity contribution is 0.284. The summed E-state index contributed by atoms with van der Waals surface area (Å²) in [6.45, 7) is 2.47. The Morgan fingerprint density at radius 3 is 2.79 bits per heavy atom. The van der Waals surface area contributed by atoms with Crippen molar-refractivity contribution in [3.63, 3.8) is 0 Å². The van der Waals surface area contributed by atoms with Crippen molar-refractivity contribution in [2.75, 3.05) is 19.5 Å². The number of ether oxygens (including phenoxy) is 2. The molecule has 4 heteroatoms. The van der Waals surface area contributed by atoms with Crippen molar-refractivity contribution in [3.05, 3.63) is 47.7 Å². The molecule has 0 radical (unpaired) electrons. The summed E-state index contributed by atoms with van der Waals surface area (Å²) in [7, 11) is 3.49. The molecule has 0 unspecified atom stereocenters. The van der Waals surface area contributed by atoms with E-state index in [1.165, 1.54) is 0 Å². The van der Waals surface area contributed by atoms with Crippen LogP contribution in [0.25, 0.3) is 0 Å². The first-order valence-corrected chi connectivity index (χ1v) is 6.13. The van der Waals surface area contributed by atoms with Crippen LogP contribution in [0.1, 0.15) is 11.1 Å². The summed E-state index contributed by atoms with van der Waals surface area (Å²) in [5.74, 6) is 2.31. The molecule has 0 aliphatic rings. The van der Waals surface area contributed by atoms with Crippen molar-refractivity contribution in [1.82, 2.24) is 4.98 Å². The van der Waals surface area contributed by atoms with E-state index in [2.05, 4.69) is 10.3 Å². The third-order valence-corrected chi connectivity index (χ3v) is 2.83. The van der Waals surface area contributed by atoms with Gasteiger partial charge in [0.05, 0.1) is 7.11 Å². The lowest BCUT2D eigenvalue weighted by Gasteiger charge is -2.12. The van der Waals surface area contributed by atoms with Gasteiger partial charge in [-0.25, -0.2) is 4.98 Å². The Bertz CT molecular complexity index is 556. The first-order valence-electron chi connectivity index (χ1n) is 6.13. The van der Waals surface area contributed by atoms with Crippen molar-refractivity contribution < 1.29 is 9.47 Å². The van der Waals surface area contributed by atoms with Crippen LogP contribution in [-0.2, 0) is 6.61 Å². The molecule has 2 rings (SSSR count). The number of rotatable bonds is 5. The first-order chi connectivity index (χ1) is 9.24. The van der Waals surface area contributed by atoms with Gasteiger partial charge in [0.2, 0.25) is 0 Å². The molecule has 1 heterocycles. The third kappa shape index (κ3) is 3.16. The van der Waals surface area contributed by atoms with Gasteiger partial charge >= 0.3 is 0 Å². The molecule has 0 fully saturated rings. The fourth-order valence-corrected chi connectivity index (χ4v) is 1.83. The van der Waals surface area contributed by atoms with Crippen LogP contribution in [-0.4, -0.2) is 19.1 Å². The van der Waals surface area contributed by atoms with E-state index < -0.39 is 0 Å². The summed E-state index contributed by atoms with van der Waals surface area (Å²) < 4.78 is 11.1. The van der Waals surface area contributed by atoms with Crippen LogP contribution >= 0.6 is 0 Å². The predicted molar refractivity (Wildman–Crippen MR) is 75.8 cm³/mol. The Morgan fingerprint density at radius 2 is 2.05 bits per heavy atom. The zero-order chi connectivity index (χ0) is 13.7. The Morgan fingerprint density at radius 1 is 1.21 bits per heavy atom. The number of nitrogens with one attached hydrogen (secondary N) is 1. The number of hydrogen-bond acceptors (Lipinski definition) is 4. The van der Waals surface area contributed by atoms with E-state index in [4.69, 9.17) is 9.47 Å². The number of aromatic nitrogens is 1. The molecule has 0 aliphatic carbocycles. The topological polar surface area (TPSA) is 43.4 Å². The number of hydrogen-bond donors (Lipinski definition) is 1. The summed E-state index contributed by atoms with van der Waals surface area (Å²) in [6, 6.07) is 9.76. The summed E-state index contributed by atoms with van der Waals surface area (Å²) in [5, 5.41) is 3.05. The van der Waals surface area contributed by atoms with Crippen LogP contribution < -0.4 is 14.8 Å². The Balaban J connectivity index is 2.14. The van der Waals surface area contributed by atoms with Gasteiger partial charge in [-0.15, -0.1) is 0 Å². The van der Waals surface area contributed by atoms with Gasteiger partial charge in [-0.1, -0.05) is 12.1 Å². The van der Waals surface area contributed by atoms with E-state index >= 15 is 0 Å². The molecule has 100 valence electrons. The standard InChI is InChI=1S/C15H18N2O2/c1-11-6-7-13(14(9-11)18-3)19-10-12-5-4-8-17-15(12)16-2/h4-9H,10H2,1-3H3,(H,16,17). The minimum atomic E-state index is 0.448. The number of anilines is 1. The molecular weight excluding hydrogens is 240 g/mol. The Labute approximate surface area is 113 Å². The van der Waals surface area contributed by atoms with Crippen molar-refractivity contribution in [2.24, 2.45) is 0 Å². The smallest absolute Gasteiger partial charge is 0.161 e. The number of methoxy groups -OCH3 is 1. The van der Waals surface area contributed by atoms with Gasteiger partial charge in [-0.05, 0) is 30.7 Å². The molecule has 0 atom stereocenters. The van der Waals surface area contributed by atoms with E-state index in [1.807, 2.05) is 44.3 Å². The van der Waals surface area contributed by atoms with E-state index in [-0.39, 0.29) is 0 Å². The average Bonchev–Trinajstić information content (AvgIpc) is 2.46. The minimum absolute atomic E-state index is 0.448. The highest BCUT2D eigenvalue weighted by Gasteiger charge is 2.07. The first kappa shape index (κ1) is 13.2. The monoisotopic (exact) mass is 258 g/mol. The highest BCUT2D eigenvalue weighted by atomic mass is 16.5. The second-order valence-electron chi connectivity index (χ2n) is 4.20. The summed E-state index contributed by atoms with van der Waals surface area (Å²) in [5.41, 5.74) is 2.15. The SMILES string of the molecule is CNc1ncccc1COc1ccc(C)cc1OC. The molecular formula is C15H18N2O2. The normalized spacial score (nSPS) is 10.1. The van der Waals surface area contributed by atoms with Gasteiger partial charge < -0.3 is 14.8 Å². The maximum absolute atomic E-state index is 5.81. The number of aryl methyl sites for hydroxylation is 1. The largest absolute Gasteiger partial charge is 0.493 e. The van der Waals surface area contributed by atoms with Gasteiger partial charge in [0.25, 0.3) is 0 Å². The minimum Gasteiger partial charge on any atom is -0.493 e. The van der Waals surface area contributed by atoms with Crippen molar-refractivity contribution in [3.8, 4) is 11.5 Å². The summed E-state index contributed by atoms with van der Waals surface area (Å²) >= 11 is 0. The second kappa shape index (κ2) is 6.09. The quantitative estimate of drug-likeness (QED) is 0.895. The van der Waals surface area contributed by atoms with Crippen LogP contribution in [0.3, 0.4) is 0 Å². The van der Waals surface area contributed by atoms with Crippen LogP contribution in [0.2, 0.25) is 0 Å². The maximum Gasteiger partial charge on any atom is 0.161 e. The average molecular weight is 258 g/mol. The van der Waals surface area contributed by atoms with Gasteiger partial charge in [-0.2, -0.15) is 0 Å². The fourth-order valence-electron chi connectivity index (χ4n) is 1.83. The molecule has 2 aromatic rings. The highest BCUT2D eigenvalue weighted by molar-refractivity contribution is 5.45. The fraction of sp³-hybridized carbons (Fsp3) is 0.267. The Kier molecular flexibility index (Phi) is 4.23. The molecule has 0 saturated heterocycles. The van der Waals surface area contributed by atoms with Crippen molar-refractivity contribution >= 4 is 5.82 Å². The van der Waals surface area contributed by atoms with Gasteiger partial charge in [-0.3, -0.25) is 0 Å². The molecule has 0 bridgehead atoms. The molecule has 4 nitrogen and oxygen atoms in total. The molecule has 19 heavy (non-hydrogen) atoms. The lowest BCUT2D eigenvalue weighted by atomic mass is 10.2. The van der Waals surface area contributed by atoms with Crippen LogP contribution in [0.15, 0.2) is 36.5 Å². The molecule has 1 N–H and O–H groups in total. The van der Waals surface area contributed by atoms with Gasteiger partial charge in [0.15, 0.2) is 11.5 Å². The third-order valence-electron chi connectivity index (χ3n) is 2.83. The second-order valence-corrected chi connectivity index (χ2v) is 4.20. The Hall–Kier alpha value is -2.23. The van der Waals surface area contributed by atoms with E-state index in [9.17, 15) is 0 Å². The zero-order valence-corrected chi connectivity index (χ0v) is 11.4. The number of pyridine rings is 1. The lowest BCUT2D eigenvalue weighted by Crippen LogP contribution is -2.03. The maximum atomic E-state index is 5.81. The predicted octanol–water partition coefficient (Wildman–Crippen LogP) is 3.02. The molecule has 0 aliphatic heterocycles. The number of nitrogens with zero attached hydrogens (tertiary/aromatic N) is 1. The van der Waals surface area contributed by atoms with Gasteiger partial charge in [0.1, 0.15) is 12.4 Å². The van der Waals surface area contributed by atoms with Crippen LogP contribution in [0.5, 0.6) is 11.5 Å². The molecule has 0 spiro atoms. The molecule has 0 saturated carbocycles. The van der Waals surface area contributed by atoms with Crippen molar-refractivity contribution in [2.45, 2.75) is 13.5 Å². The number of benzene rings is 1. The molecule has 1 aromatic heterocycles. The molecule has 0 amide bonds. The van der Waals surface area contributed by atoms with Gasteiger partial charge in [0, 0.05) is 18.8 Å². The van der Waals surface area contributed by atoms with Crippen LogP contribution in [0.4, 0.5) is 5.82 Å². The van der Waals surface area contributed by atoms with E-state index in [1.54, 1.807) is 13.3 Å². The van der Waals surface area contributed by atoms with Crippen LogP contribution in [0, 0.1) is 6.92 Å².